The van der Waals surface area contributed by atoms with Crippen LogP contribution in [0.4, 0.5) is 0 Å². The lowest BCUT2D eigenvalue weighted by molar-refractivity contribution is -0.140. The van der Waals surface area contributed by atoms with Crippen molar-refractivity contribution in [2.45, 2.75) is 26.4 Å². The highest BCUT2D eigenvalue weighted by Crippen LogP contribution is 2.40. The van der Waals surface area contributed by atoms with Crippen molar-refractivity contribution in [3.05, 3.63) is 95.3 Å². The lowest BCUT2D eigenvalue weighted by Gasteiger charge is -2.25. The molecule has 2 aromatic carbocycles. The molecule has 1 aromatic heterocycles. The minimum Gasteiger partial charge on any atom is -0.507 e. The topological polar surface area (TPSA) is 89.0 Å². The van der Waals surface area contributed by atoms with E-state index in [4.69, 9.17) is 9.47 Å². The van der Waals surface area contributed by atoms with Crippen molar-refractivity contribution in [2.24, 2.45) is 5.92 Å². The predicted octanol–water partition coefficient (Wildman–Crippen LogP) is 4.75. The third kappa shape index (κ3) is 5.19. The Hall–Kier alpha value is -4.13. The molecule has 180 valence electrons. The van der Waals surface area contributed by atoms with Crippen LogP contribution < -0.4 is 9.47 Å². The van der Waals surface area contributed by atoms with Gasteiger partial charge in [0.05, 0.1) is 25.3 Å². The van der Waals surface area contributed by atoms with Crippen LogP contribution >= 0.6 is 0 Å². The SMILES string of the molecule is COc1cccc(CN2C(=O)C(=O)/C(=C(\O)c3cccc(OCC(C)C)c3)C2c2cccnc2)c1. The number of ether oxygens (including phenoxy) is 2. The van der Waals surface area contributed by atoms with Crippen molar-refractivity contribution < 1.29 is 24.2 Å². The maximum Gasteiger partial charge on any atom is 0.295 e. The Morgan fingerprint density at radius 2 is 1.83 bits per heavy atom. The minimum atomic E-state index is -0.796. The number of aliphatic hydroxyl groups is 1. The number of methoxy groups -OCH3 is 1. The number of carbonyl (C=O) groups excluding carboxylic acids is 2. The lowest BCUT2D eigenvalue weighted by atomic mass is 9.96. The Bertz CT molecular complexity index is 1250. The summed E-state index contributed by atoms with van der Waals surface area (Å²) in [4.78, 5) is 32.1. The Morgan fingerprint density at radius 3 is 2.54 bits per heavy atom. The molecule has 35 heavy (non-hydrogen) atoms. The molecule has 1 amide bonds. The van der Waals surface area contributed by atoms with Crippen LogP contribution in [0.25, 0.3) is 5.76 Å². The van der Waals surface area contributed by atoms with Crippen molar-refractivity contribution in [1.29, 1.82) is 0 Å². The van der Waals surface area contributed by atoms with Gasteiger partial charge in [-0.15, -0.1) is 0 Å². The largest absolute Gasteiger partial charge is 0.507 e. The van der Waals surface area contributed by atoms with E-state index in [0.29, 0.717) is 35.2 Å². The summed E-state index contributed by atoms with van der Waals surface area (Å²) in [6, 6.07) is 16.9. The molecule has 2 heterocycles. The minimum absolute atomic E-state index is 0.0203. The highest BCUT2D eigenvalue weighted by molar-refractivity contribution is 6.46. The first-order valence-corrected chi connectivity index (χ1v) is 11.4. The Balaban J connectivity index is 1.78. The van der Waals surface area contributed by atoms with Gasteiger partial charge in [-0.25, -0.2) is 0 Å². The summed E-state index contributed by atoms with van der Waals surface area (Å²) in [6.07, 6.45) is 3.22. The second-order valence-electron chi connectivity index (χ2n) is 8.80. The molecular formula is C28H28N2O5. The molecule has 7 heteroatoms. The van der Waals surface area contributed by atoms with Crippen molar-refractivity contribution in [3.8, 4) is 11.5 Å². The van der Waals surface area contributed by atoms with Gasteiger partial charge in [0, 0.05) is 24.5 Å². The Labute approximate surface area is 204 Å². The first-order valence-electron chi connectivity index (χ1n) is 11.4. The molecule has 7 nitrogen and oxygen atoms in total. The van der Waals surface area contributed by atoms with E-state index >= 15 is 0 Å². The molecule has 1 atom stereocenters. The van der Waals surface area contributed by atoms with Crippen LogP contribution in [0.15, 0.2) is 78.6 Å². The highest BCUT2D eigenvalue weighted by atomic mass is 16.5. The molecule has 4 rings (SSSR count). The second-order valence-corrected chi connectivity index (χ2v) is 8.80. The first kappa shape index (κ1) is 24.0. The number of hydrogen-bond donors (Lipinski definition) is 1. The van der Waals surface area contributed by atoms with Gasteiger partial charge in [0.15, 0.2) is 0 Å². The van der Waals surface area contributed by atoms with Gasteiger partial charge in [-0.05, 0) is 47.4 Å². The molecule has 3 aromatic rings. The summed E-state index contributed by atoms with van der Waals surface area (Å²) in [5.74, 6) is -0.121. The number of likely N-dealkylation sites (tertiary alicyclic amines) is 1. The van der Waals surface area contributed by atoms with E-state index < -0.39 is 17.7 Å². The first-order chi connectivity index (χ1) is 16.9. The van der Waals surface area contributed by atoms with E-state index in [0.717, 1.165) is 5.56 Å². The number of benzene rings is 2. The molecule has 1 fully saturated rings. The van der Waals surface area contributed by atoms with Crippen LogP contribution in [0.5, 0.6) is 11.5 Å². The Kier molecular flexibility index (Phi) is 7.15. The van der Waals surface area contributed by atoms with Gasteiger partial charge in [0.2, 0.25) is 0 Å². The summed E-state index contributed by atoms with van der Waals surface area (Å²) < 4.78 is 11.1. The number of carbonyl (C=O) groups is 2. The number of aromatic nitrogens is 1. The summed E-state index contributed by atoms with van der Waals surface area (Å²) in [5, 5.41) is 11.3. The molecule has 1 saturated heterocycles. The fraction of sp³-hybridized carbons (Fsp3) is 0.250. The van der Waals surface area contributed by atoms with Crippen molar-refractivity contribution in [1.82, 2.24) is 9.88 Å². The average molecular weight is 473 g/mol. The second kappa shape index (κ2) is 10.4. The number of rotatable bonds is 8. The normalized spacial score (nSPS) is 17.1. The molecular weight excluding hydrogens is 444 g/mol. The average Bonchev–Trinajstić information content (AvgIpc) is 3.12. The van der Waals surface area contributed by atoms with Crippen LogP contribution in [0, 0.1) is 5.92 Å². The van der Waals surface area contributed by atoms with Gasteiger partial charge in [-0.3, -0.25) is 14.6 Å². The summed E-state index contributed by atoms with van der Waals surface area (Å²) in [5.41, 5.74) is 1.85. The number of pyridine rings is 1. The Morgan fingerprint density at radius 1 is 1.06 bits per heavy atom. The van der Waals surface area contributed by atoms with Gasteiger partial charge in [-0.2, -0.15) is 0 Å². The maximum absolute atomic E-state index is 13.2. The molecule has 1 aliphatic heterocycles. The maximum atomic E-state index is 13.2. The monoisotopic (exact) mass is 472 g/mol. The quantitative estimate of drug-likeness (QED) is 0.289. The van der Waals surface area contributed by atoms with Crippen LogP contribution in [-0.4, -0.2) is 40.4 Å². The smallest absolute Gasteiger partial charge is 0.295 e. The zero-order valence-corrected chi connectivity index (χ0v) is 20.0. The van der Waals surface area contributed by atoms with Gasteiger partial charge in [-0.1, -0.05) is 44.2 Å². The zero-order valence-electron chi connectivity index (χ0n) is 20.0. The molecule has 0 spiro atoms. The van der Waals surface area contributed by atoms with E-state index in [1.807, 2.05) is 38.1 Å². The van der Waals surface area contributed by atoms with E-state index in [2.05, 4.69) is 4.98 Å². The van der Waals surface area contributed by atoms with Crippen molar-refractivity contribution in [3.63, 3.8) is 0 Å². The summed E-state index contributed by atoms with van der Waals surface area (Å²) in [6.45, 7) is 4.77. The molecule has 1 N–H and O–H groups in total. The van der Waals surface area contributed by atoms with Crippen LogP contribution in [0.3, 0.4) is 0 Å². The number of nitrogens with zero attached hydrogens (tertiary/aromatic N) is 2. The zero-order chi connectivity index (χ0) is 24.9. The summed E-state index contributed by atoms with van der Waals surface area (Å²) in [7, 11) is 1.57. The fourth-order valence-corrected chi connectivity index (χ4v) is 4.05. The molecule has 0 aliphatic carbocycles. The fourth-order valence-electron chi connectivity index (χ4n) is 4.05. The molecule has 1 unspecified atom stereocenters. The third-order valence-electron chi connectivity index (χ3n) is 5.72. The molecule has 0 saturated carbocycles. The lowest BCUT2D eigenvalue weighted by Crippen LogP contribution is -2.29. The number of amides is 1. The number of ketones is 1. The summed E-state index contributed by atoms with van der Waals surface area (Å²) >= 11 is 0. The van der Waals surface area contributed by atoms with Gasteiger partial charge < -0.3 is 19.5 Å². The third-order valence-corrected chi connectivity index (χ3v) is 5.72. The van der Waals surface area contributed by atoms with Gasteiger partial charge in [0.25, 0.3) is 11.7 Å². The van der Waals surface area contributed by atoms with Gasteiger partial charge >= 0.3 is 0 Å². The number of aliphatic hydroxyl groups excluding tert-OH is 1. The van der Waals surface area contributed by atoms with Crippen LogP contribution in [0.1, 0.15) is 36.6 Å². The van der Waals surface area contributed by atoms with E-state index in [-0.39, 0.29) is 17.9 Å². The number of Topliss-reactive ketones (excluding diaryl/α,β-unsaturated/α-hetero) is 1. The highest BCUT2D eigenvalue weighted by Gasteiger charge is 2.46. The van der Waals surface area contributed by atoms with E-state index in [1.54, 1.807) is 55.9 Å². The van der Waals surface area contributed by atoms with Crippen LogP contribution in [0.2, 0.25) is 0 Å². The van der Waals surface area contributed by atoms with Gasteiger partial charge in [0.1, 0.15) is 17.3 Å². The van der Waals surface area contributed by atoms with Crippen molar-refractivity contribution in [2.75, 3.05) is 13.7 Å². The molecule has 0 bridgehead atoms. The van der Waals surface area contributed by atoms with E-state index in [1.165, 1.54) is 4.90 Å². The molecule has 1 aliphatic rings. The van der Waals surface area contributed by atoms with Crippen LogP contribution in [-0.2, 0) is 16.1 Å². The van der Waals surface area contributed by atoms with E-state index in [9.17, 15) is 14.7 Å². The standard InChI is InChI=1S/C28H28N2O5/c1-18(2)17-35-23-11-5-8-20(14-23)26(31)24-25(21-9-6-12-29-15-21)30(28(33)27(24)32)16-19-7-4-10-22(13-19)34-3/h4-15,18,25,31H,16-17H2,1-3H3/b26-24-. The number of hydrogen-bond acceptors (Lipinski definition) is 6. The molecule has 0 radical (unpaired) electrons. The van der Waals surface area contributed by atoms with Crippen molar-refractivity contribution >= 4 is 17.4 Å². The predicted molar refractivity (Wildman–Crippen MR) is 132 cm³/mol.